The van der Waals surface area contributed by atoms with Gasteiger partial charge in [0.05, 0.1) is 26.0 Å². The van der Waals surface area contributed by atoms with Crippen molar-refractivity contribution in [3.63, 3.8) is 0 Å². The highest BCUT2D eigenvalue weighted by Crippen LogP contribution is 2.25. The molecule has 5 N–H and O–H groups in total. The Morgan fingerprint density at radius 1 is 1.10 bits per heavy atom. The number of nitrogens with zero attached hydrogens (tertiary/aromatic N) is 2. The van der Waals surface area contributed by atoms with Crippen molar-refractivity contribution in [2.45, 2.75) is 57.8 Å². The van der Waals surface area contributed by atoms with Gasteiger partial charge in [-0.1, -0.05) is 13.8 Å². The molecule has 20 heavy (non-hydrogen) atoms. The molecule has 0 unspecified atom stereocenters. The Bertz CT molecular complexity index is 266. The molecule has 0 saturated carbocycles. The van der Waals surface area contributed by atoms with E-state index in [4.69, 9.17) is 21.3 Å². The minimum absolute atomic E-state index is 0.0249. The van der Waals surface area contributed by atoms with E-state index in [0.29, 0.717) is 32.5 Å². The van der Waals surface area contributed by atoms with Crippen LogP contribution in [-0.4, -0.2) is 49.2 Å². The minimum Gasteiger partial charge on any atom is -0.394 e. The third-order valence-corrected chi connectivity index (χ3v) is 2.79. The van der Waals surface area contributed by atoms with E-state index < -0.39 is 5.66 Å². The highest BCUT2D eigenvalue weighted by atomic mass is 16.5. The highest BCUT2D eigenvalue weighted by Gasteiger charge is 2.27. The second kappa shape index (κ2) is 12.0. The molecule has 118 valence electrons. The van der Waals surface area contributed by atoms with Gasteiger partial charge in [-0.05, 0) is 25.7 Å². The monoisotopic (exact) mass is 286 g/mol. The Balaban J connectivity index is 4.79. The number of ether oxygens (including phenoxy) is 1. The van der Waals surface area contributed by atoms with Gasteiger partial charge in [0.15, 0.2) is 5.66 Å². The molecule has 0 radical (unpaired) electrons. The molecule has 0 aliphatic rings. The van der Waals surface area contributed by atoms with Crippen molar-refractivity contribution in [3.05, 3.63) is 0 Å². The van der Waals surface area contributed by atoms with Crippen LogP contribution >= 0.6 is 0 Å². The molecule has 0 rings (SSSR count). The van der Waals surface area contributed by atoms with E-state index >= 15 is 0 Å². The van der Waals surface area contributed by atoms with Crippen LogP contribution in [-0.2, 0) is 4.74 Å². The molecule has 0 spiro atoms. The highest BCUT2D eigenvalue weighted by molar-refractivity contribution is 5.60. The zero-order valence-electron chi connectivity index (χ0n) is 12.8. The van der Waals surface area contributed by atoms with Gasteiger partial charge >= 0.3 is 0 Å². The Hall–Kier alpha value is -0.820. The van der Waals surface area contributed by atoms with E-state index in [1.807, 2.05) is 26.3 Å². The summed E-state index contributed by atoms with van der Waals surface area (Å²) in [5.74, 6) is 0. The fourth-order valence-corrected chi connectivity index (χ4v) is 1.74. The molecule has 0 aliphatic heterocycles. The molecule has 6 nitrogen and oxygen atoms in total. The van der Waals surface area contributed by atoms with Crippen LogP contribution in [0.1, 0.15) is 46.0 Å². The zero-order chi connectivity index (χ0) is 15.3. The van der Waals surface area contributed by atoms with E-state index in [1.54, 1.807) is 0 Å². The standard InChI is InChI=1S/C14H30N4O2/c1-3-8-17-14(18-9-4-2,6-5-13(15)16)7-11-20-12-10-19/h8-9,13,19H,3-7,10-12,15-16H2,1-2H3. The number of nitrogens with two attached hydrogens (primary N) is 2. The fraction of sp³-hybridized carbons (Fsp3) is 0.857. The van der Waals surface area contributed by atoms with Gasteiger partial charge in [-0.25, -0.2) is 0 Å². The van der Waals surface area contributed by atoms with Crippen LogP contribution in [0.4, 0.5) is 0 Å². The number of aliphatic hydroxyl groups excluding tert-OH is 1. The van der Waals surface area contributed by atoms with Crippen molar-refractivity contribution in [1.82, 2.24) is 0 Å². The molecule has 0 aromatic carbocycles. The molecular formula is C14H30N4O2. The first-order valence-corrected chi connectivity index (χ1v) is 7.37. The summed E-state index contributed by atoms with van der Waals surface area (Å²) >= 11 is 0. The molecule has 0 aromatic heterocycles. The second-order valence-electron chi connectivity index (χ2n) is 4.71. The summed E-state index contributed by atoms with van der Waals surface area (Å²) in [6.45, 7) is 4.94. The van der Waals surface area contributed by atoms with Gasteiger partial charge in [-0.15, -0.1) is 0 Å². The largest absolute Gasteiger partial charge is 0.394 e. The smallest absolute Gasteiger partial charge is 0.151 e. The van der Waals surface area contributed by atoms with Crippen molar-refractivity contribution in [1.29, 1.82) is 0 Å². The maximum absolute atomic E-state index is 8.74. The lowest BCUT2D eigenvalue weighted by atomic mass is 10.00. The van der Waals surface area contributed by atoms with Crippen molar-refractivity contribution in [2.24, 2.45) is 21.5 Å². The van der Waals surface area contributed by atoms with Crippen molar-refractivity contribution < 1.29 is 9.84 Å². The number of hydrogen-bond acceptors (Lipinski definition) is 6. The van der Waals surface area contributed by atoms with Crippen molar-refractivity contribution >= 4 is 12.4 Å². The topological polar surface area (TPSA) is 106 Å². The molecule has 0 amide bonds. The third kappa shape index (κ3) is 9.14. The lowest BCUT2D eigenvalue weighted by Gasteiger charge is -2.26. The van der Waals surface area contributed by atoms with Crippen molar-refractivity contribution in [3.8, 4) is 0 Å². The van der Waals surface area contributed by atoms with Gasteiger partial charge < -0.3 is 21.3 Å². The van der Waals surface area contributed by atoms with E-state index in [0.717, 1.165) is 12.8 Å². The molecule has 0 fully saturated rings. The summed E-state index contributed by atoms with van der Waals surface area (Å²) in [5, 5.41) is 8.74. The van der Waals surface area contributed by atoms with Gasteiger partial charge in [0.1, 0.15) is 0 Å². The minimum atomic E-state index is -0.543. The van der Waals surface area contributed by atoms with Crippen LogP contribution in [0.3, 0.4) is 0 Å². The van der Waals surface area contributed by atoms with Gasteiger partial charge in [0.25, 0.3) is 0 Å². The maximum atomic E-state index is 8.74. The number of aliphatic imine (C=N–C) groups is 2. The Kier molecular flexibility index (Phi) is 11.5. The van der Waals surface area contributed by atoms with E-state index in [2.05, 4.69) is 9.98 Å². The predicted octanol–water partition coefficient (Wildman–Crippen LogP) is 1.07. The van der Waals surface area contributed by atoms with Crippen LogP contribution < -0.4 is 11.5 Å². The predicted molar refractivity (Wildman–Crippen MR) is 84.2 cm³/mol. The van der Waals surface area contributed by atoms with Gasteiger partial charge in [-0.3, -0.25) is 9.98 Å². The summed E-state index contributed by atoms with van der Waals surface area (Å²) in [4.78, 5) is 9.21. The first-order chi connectivity index (χ1) is 9.60. The lowest BCUT2D eigenvalue weighted by molar-refractivity contribution is 0.0790. The quantitative estimate of drug-likeness (QED) is 0.283. The summed E-state index contributed by atoms with van der Waals surface area (Å²) in [5.41, 5.74) is 10.7. The Morgan fingerprint density at radius 2 is 1.70 bits per heavy atom. The maximum Gasteiger partial charge on any atom is 0.151 e. The van der Waals surface area contributed by atoms with E-state index in [9.17, 15) is 0 Å². The summed E-state index contributed by atoms with van der Waals surface area (Å²) in [7, 11) is 0. The Morgan fingerprint density at radius 3 is 2.15 bits per heavy atom. The van der Waals surface area contributed by atoms with E-state index in [-0.39, 0.29) is 12.8 Å². The average molecular weight is 286 g/mol. The summed E-state index contributed by atoms with van der Waals surface area (Å²) < 4.78 is 5.34. The fourth-order valence-electron chi connectivity index (χ4n) is 1.74. The number of aliphatic hydroxyl groups is 1. The molecule has 6 heteroatoms. The van der Waals surface area contributed by atoms with Crippen LogP contribution in [0, 0.1) is 0 Å². The molecule has 0 atom stereocenters. The van der Waals surface area contributed by atoms with Crippen LogP contribution in [0.2, 0.25) is 0 Å². The van der Waals surface area contributed by atoms with Crippen molar-refractivity contribution in [2.75, 3.05) is 19.8 Å². The summed E-state index contributed by atoms with van der Waals surface area (Å²) in [6, 6.07) is 0. The van der Waals surface area contributed by atoms with Gasteiger partial charge in [0.2, 0.25) is 0 Å². The van der Waals surface area contributed by atoms with Crippen LogP contribution in [0.5, 0.6) is 0 Å². The molecule has 0 saturated heterocycles. The third-order valence-electron chi connectivity index (χ3n) is 2.79. The van der Waals surface area contributed by atoms with Gasteiger partial charge in [0, 0.05) is 18.9 Å². The normalized spacial score (nSPS) is 15.5. The first kappa shape index (κ1) is 19.2. The molecule has 0 aromatic rings. The Labute approximate surface area is 122 Å². The lowest BCUT2D eigenvalue weighted by Crippen LogP contribution is -2.35. The molecule has 0 heterocycles. The van der Waals surface area contributed by atoms with E-state index in [1.165, 1.54) is 0 Å². The zero-order valence-corrected chi connectivity index (χ0v) is 12.8. The summed E-state index contributed by atoms with van der Waals surface area (Å²) in [6.07, 6.45) is 7.11. The molecule has 0 aliphatic carbocycles. The number of rotatable bonds is 12. The SMILES string of the molecule is CCC=NC(CCOCCO)(CCC(N)N)N=CCC. The number of hydrogen-bond donors (Lipinski definition) is 3. The molecule has 0 bridgehead atoms. The van der Waals surface area contributed by atoms with Crippen LogP contribution in [0.25, 0.3) is 0 Å². The van der Waals surface area contributed by atoms with Crippen LogP contribution in [0.15, 0.2) is 9.98 Å². The second-order valence-corrected chi connectivity index (χ2v) is 4.71. The average Bonchev–Trinajstić information content (AvgIpc) is 2.44. The molecular weight excluding hydrogens is 256 g/mol. The first-order valence-electron chi connectivity index (χ1n) is 7.37. The van der Waals surface area contributed by atoms with Gasteiger partial charge in [-0.2, -0.15) is 0 Å².